The van der Waals surface area contributed by atoms with Gasteiger partial charge >= 0.3 is 0 Å². The van der Waals surface area contributed by atoms with E-state index in [4.69, 9.17) is 12.2 Å². The van der Waals surface area contributed by atoms with Gasteiger partial charge in [-0.25, -0.2) is 16.8 Å². The summed E-state index contributed by atoms with van der Waals surface area (Å²) >= 11 is 5.30. The molecule has 116 valence electrons. The number of hydrogen-bond donors (Lipinski definition) is 1. The average Bonchev–Trinajstić information content (AvgIpc) is 2.77. The highest BCUT2D eigenvalue weighted by atomic mass is 32.2. The SMILES string of the molecule is CN(C(=S)N[C@]1(C)CCS(=O)(=O)C1)[C@@H]1CCS(=O)(=O)C1. The topological polar surface area (TPSA) is 83.6 Å². The molecule has 0 saturated carbocycles. The maximum Gasteiger partial charge on any atom is 0.169 e. The van der Waals surface area contributed by atoms with Gasteiger partial charge in [0.25, 0.3) is 0 Å². The molecule has 2 aliphatic rings. The number of nitrogens with one attached hydrogen (secondary N) is 1. The lowest BCUT2D eigenvalue weighted by Crippen LogP contribution is -2.53. The smallest absolute Gasteiger partial charge is 0.169 e. The van der Waals surface area contributed by atoms with Crippen molar-refractivity contribution in [2.24, 2.45) is 0 Å². The number of hydrogen-bond acceptors (Lipinski definition) is 5. The zero-order valence-electron chi connectivity index (χ0n) is 11.6. The fourth-order valence-corrected chi connectivity index (χ4v) is 6.97. The van der Waals surface area contributed by atoms with E-state index in [1.165, 1.54) is 0 Å². The lowest BCUT2D eigenvalue weighted by molar-refractivity contribution is 0.365. The van der Waals surface area contributed by atoms with Gasteiger partial charge in [0, 0.05) is 13.1 Å². The fraction of sp³-hybridized carbons (Fsp3) is 0.909. The number of nitrogens with zero attached hydrogens (tertiary/aromatic N) is 1. The summed E-state index contributed by atoms with van der Waals surface area (Å²) in [4.78, 5) is 1.75. The van der Waals surface area contributed by atoms with Gasteiger partial charge < -0.3 is 10.2 Å². The second-order valence-corrected chi connectivity index (χ2v) is 10.8. The Labute approximate surface area is 125 Å². The molecule has 2 heterocycles. The fourth-order valence-electron chi connectivity index (χ4n) is 2.70. The van der Waals surface area contributed by atoms with Crippen LogP contribution in [0, 0.1) is 0 Å². The summed E-state index contributed by atoms with van der Waals surface area (Å²) < 4.78 is 46.1. The van der Waals surface area contributed by atoms with Gasteiger partial charge in [-0.1, -0.05) is 0 Å². The minimum Gasteiger partial charge on any atom is -0.356 e. The van der Waals surface area contributed by atoms with E-state index in [1.54, 1.807) is 11.9 Å². The highest BCUT2D eigenvalue weighted by Gasteiger charge is 2.40. The maximum atomic E-state index is 11.6. The third-order valence-electron chi connectivity index (χ3n) is 3.99. The molecule has 0 bridgehead atoms. The van der Waals surface area contributed by atoms with Crippen LogP contribution in [0.3, 0.4) is 0 Å². The van der Waals surface area contributed by atoms with Crippen molar-refractivity contribution in [2.75, 3.05) is 30.1 Å². The molecule has 2 rings (SSSR count). The standard InChI is InChI=1S/C11H20N2O4S3/c1-11(4-6-20(16,17)8-11)12-10(18)13(2)9-3-5-19(14,15)7-9/h9H,3-8H2,1-2H3,(H,12,18)/t9-,11-/m1/s1. The van der Waals surface area contributed by atoms with Gasteiger partial charge in [-0.2, -0.15) is 0 Å². The van der Waals surface area contributed by atoms with Crippen LogP contribution >= 0.6 is 12.2 Å². The highest BCUT2D eigenvalue weighted by molar-refractivity contribution is 7.92. The second-order valence-electron chi connectivity index (χ2n) is 6.00. The first-order chi connectivity index (χ1) is 9.02. The summed E-state index contributed by atoms with van der Waals surface area (Å²) in [5.74, 6) is 0.536. The van der Waals surface area contributed by atoms with E-state index in [9.17, 15) is 16.8 Å². The molecule has 0 aromatic heterocycles. The molecule has 2 aliphatic heterocycles. The van der Waals surface area contributed by atoms with Crippen molar-refractivity contribution >= 4 is 37.0 Å². The van der Waals surface area contributed by atoms with E-state index in [0.29, 0.717) is 18.0 Å². The van der Waals surface area contributed by atoms with Gasteiger partial charge in [-0.05, 0) is 32.0 Å². The van der Waals surface area contributed by atoms with Crippen molar-refractivity contribution in [3.8, 4) is 0 Å². The van der Waals surface area contributed by atoms with Crippen molar-refractivity contribution in [1.29, 1.82) is 0 Å². The first-order valence-corrected chi connectivity index (χ1v) is 10.5. The van der Waals surface area contributed by atoms with Crippen molar-refractivity contribution in [3.05, 3.63) is 0 Å². The van der Waals surface area contributed by atoms with Gasteiger partial charge in [0.1, 0.15) is 0 Å². The molecule has 0 unspecified atom stereocenters. The number of sulfone groups is 2. The predicted molar refractivity (Wildman–Crippen MR) is 82.2 cm³/mol. The lowest BCUT2D eigenvalue weighted by Gasteiger charge is -2.33. The molecular formula is C11H20N2O4S3. The largest absolute Gasteiger partial charge is 0.356 e. The summed E-state index contributed by atoms with van der Waals surface area (Å²) in [5.41, 5.74) is -0.554. The van der Waals surface area contributed by atoms with Crippen LogP contribution in [0.2, 0.25) is 0 Å². The van der Waals surface area contributed by atoms with E-state index in [2.05, 4.69) is 5.32 Å². The van der Waals surface area contributed by atoms with E-state index in [-0.39, 0.29) is 29.1 Å². The first kappa shape index (κ1) is 16.0. The van der Waals surface area contributed by atoms with Crippen molar-refractivity contribution in [3.63, 3.8) is 0 Å². The van der Waals surface area contributed by atoms with Crippen LogP contribution in [-0.4, -0.2) is 68.5 Å². The summed E-state index contributed by atoms with van der Waals surface area (Å²) in [7, 11) is -4.20. The van der Waals surface area contributed by atoms with Crippen molar-refractivity contribution in [1.82, 2.24) is 10.2 Å². The minimum atomic E-state index is -3.00. The van der Waals surface area contributed by atoms with E-state index < -0.39 is 25.2 Å². The van der Waals surface area contributed by atoms with Gasteiger partial charge in [0.05, 0.1) is 28.6 Å². The minimum absolute atomic E-state index is 0.0664. The number of rotatable bonds is 2. The maximum absolute atomic E-state index is 11.6. The Balaban J connectivity index is 1.99. The van der Waals surface area contributed by atoms with E-state index in [0.717, 1.165) is 0 Å². The van der Waals surface area contributed by atoms with Gasteiger partial charge in [0.15, 0.2) is 24.8 Å². The van der Waals surface area contributed by atoms with Crippen LogP contribution < -0.4 is 5.32 Å². The van der Waals surface area contributed by atoms with Crippen LogP contribution in [0.5, 0.6) is 0 Å². The van der Waals surface area contributed by atoms with Gasteiger partial charge in [-0.15, -0.1) is 0 Å². The summed E-state index contributed by atoms with van der Waals surface area (Å²) in [5, 5.41) is 3.52. The molecule has 0 aliphatic carbocycles. The normalized spacial score (nSPS) is 34.8. The van der Waals surface area contributed by atoms with Crippen LogP contribution in [0.15, 0.2) is 0 Å². The zero-order chi connectivity index (χ0) is 15.2. The molecule has 2 fully saturated rings. The third kappa shape index (κ3) is 3.62. The Hall–Kier alpha value is -0.410. The highest BCUT2D eigenvalue weighted by Crippen LogP contribution is 2.24. The molecule has 1 N–H and O–H groups in total. The zero-order valence-corrected chi connectivity index (χ0v) is 14.1. The Kier molecular flexibility index (Phi) is 4.07. The summed E-state index contributed by atoms with van der Waals surface area (Å²) in [6.45, 7) is 1.84. The molecule has 2 saturated heterocycles. The van der Waals surface area contributed by atoms with Crippen LogP contribution in [0.25, 0.3) is 0 Å². The summed E-state index contributed by atoms with van der Waals surface area (Å²) in [6, 6.07) is -0.124. The molecule has 0 aromatic rings. The monoisotopic (exact) mass is 340 g/mol. The van der Waals surface area contributed by atoms with Crippen LogP contribution in [0.4, 0.5) is 0 Å². The molecule has 0 aromatic carbocycles. The first-order valence-electron chi connectivity index (χ1n) is 6.48. The number of thiocarbonyl (C=S) groups is 1. The quantitative estimate of drug-likeness (QED) is 0.682. The molecule has 9 heteroatoms. The summed E-state index contributed by atoms with van der Waals surface area (Å²) in [6.07, 6.45) is 1.09. The Bertz CT molecular complexity index is 614. The lowest BCUT2D eigenvalue weighted by atomic mass is 10.0. The molecule has 6 nitrogen and oxygen atoms in total. The molecular weight excluding hydrogens is 320 g/mol. The Morgan fingerprint density at radius 3 is 2.35 bits per heavy atom. The average molecular weight is 340 g/mol. The Morgan fingerprint density at radius 2 is 1.90 bits per heavy atom. The van der Waals surface area contributed by atoms with Crippen molar-refractivity contribution in [2.45, 2.75) is 31.3 Å². The molecule has 0 spiro atoms. The van der Waals surface area contributed by atoms with Crippen LogP contribution in [-0.2, 0) is 19.7 Å². The van der Waals surface area contributed by atoms with Gasteiger partial charge in [0.2, 0.25) is 0 Å². The van der Waals surface area contributed by atoms with E-state index in [1.807, 2.05) is 6.92 Å². The molecule has 20 heavy (non-hydrogen) atoms. The molecule has 0 radical (unpaired) electrons. The van der Waals surface area contributed by atoms with Gasteiger partial charge in [-0.3, -0.25) is 0 Å². The Morgan fingerprint density at radius 1 is 1.25 bits per heavy atom. The van der Waals surface area contributed by atoms with E-state index >= 15 is 0 Å². The van der Waals surface area contributed by atoms with Crippen molar-refractivity contribution < 1.29 is 16.8 Å². The third-order valence-corrected chi connectivity index (χ3v) is 8.03. The van der Waals surface area contributed by atoms with Crippen LogP contribution in [0.1, 0.15) is 19.8 Å². The second kappa shape index (κ2) is 5.10. The predicted octanol–water partition coefficient (Wildman–Crippen LogP) is -0.443. The molecule has 0 amide bonds. The molecule has 2 atom stereocenters.